The van der Waals surface area contributed by atoms with Crippen molar-refractivity contribution in [2.45, 2.75) is 52.2 Å². The van der Waals surface area contributed by atoms with E-state index >= 15 is 0 Å². The van der Waals surface area contributed by atoms with Gasteiger partial charge in [0.05, 0.1) is 6.04 Å². The lowest BCUT2D eigenvalue weighted by atomic mass is 9.96. The molecule has 0 unspecified atom stereocenters. The number of amides is 2. The summed E-state index contributed by atoms with van der Waals surface area (Å²) < 4.78 is 1.18. The van der Waals surface area contributed by atoms with Gasteiger partial charge in [0.1, 0.15) is 22.8 Å². The summed E-state index contributed by atoms with van der Waals surface area (Å²) >= 11 is 0. The minimum absolute atomic E-state index is 0.00131. The first-order valence-electron chi connectivity index (χ1n) is 14.9. The van der Waals surface area contributed by atoms with Crippen LogP contribution in [-0.4, -0.2) is 49.2 Å². The fraction of sp³-hybridized carbons (Fsp3) is 0.281. The molecule has 2 aliphatic rings. The lowest BCUT2D eigenvalue weighted by Crippen LogP contribution is -2.44. The lowest BCUT2D eigenvalue weighted by Gasteiger charge is -2.32. The number of aromatic nitrogens is 5. The number of nitrogens with two attached hydrogens (primary N) is 1. The monoisotopic (exact) mass is 619 g/mol. The maximum atomic E-state index is 13.5. The quantitative estimate of drug-likeness (QED) is 0.174. The van der Waals surface area contributed by atoms with Gasteiger partial charge < -0.3 is 21.3 Å². The number of nitrogen functional groups attached to an aromatic ring is 1. The molecule has 2 amide bonds. The molecule has 5 aromatic rings. The number of nitrogens with one attached hydrogen (secondary N) is 2. The molecule has 1 aliphatic heterocycles. The summed E-state index contributed by atoms with van der Waals surface area (Å²) in [6.45, 7) is 4.64. The SMILES string of the molecule is CC(=O)c1ccc2c(c1C)CC[C@@H]2NC(=O)c1cc(C(=O)NCc2ccc3c(c2)CN(c2c(N)c(=O)c2=O)CC3)nc2nnnn12. The Hall–Kier alpha value is -5.79. The van der Waals surface area contributed by atoms with E-state index in [9.17, 15) is 24.0 Å². The van der Waals surface area contributed by atoms with Crippen LogP contribution in [-0.2, 0) is 25.9 Å². The highest BCUT2D eigenvalue weighted by Gasteiger charge is 2.29. The van der Waals surface area contributed by atoms with Crippen LogP contribution >= 0.6 is 0 Å². The van der Waals surface area contributed by atoms with Gasteiger partial charge in [-0.05, 0) is 76.9 Å². The maximum absolute atomic E-state index is 13.5. The molecule has 1 atom stereocenters. The van der Waals surface area contributed by atoms with Crippen LogP contribution in [0, 0.1) is 6.92 Å². The molecule has 0 bridgehead atoms. The van der Waals surface area contributed by atoms with Gasteiger partial charge in [-0.3, -0.25) is 24.0 Å². The number of tetrazole rings is 1. The van der Waals surface area contributed by atoms with Crippen molar-refractivity contribution < 1.29 is 14.4 Å². The van der Waals surface area contributed by atoms with Crippen LogP contribution in [0.4, 0.5) is 11.4 Å². The number of Topliss-reactive ketones (excluding diaryl/α,β-unsaturated/α-hetero) is 1. The number of hydrogen-bond acceptors (Lipinski definition) is 11. The first-order valence-corrected chi connectivity index (χ1v) is 14.9. The first kappa shape index (κ1) is 29.0. The Bertz CT molecular complexity index is 2180. The Morgan fingerprint density at radius 2 is 1.85 bits per heavy atom. The number of carbonyl (C=O) groups excluding carboxylic acids is 3. The smallest absolute Gasteiger partial charge is 0.274 e. The van der Waals surface area contributed by atoms with Gasteiger partial charge in [0, 0.05) is 31.3 Å². The normalized spacial score (nSPS) is 15.5. The van der Waals surface area contributed by atoms with E-state index in [-0.39, 0.29) is 46.9 Å². The predicted octanol–water partition coefficient (Wildman–Crippen LogP) is 1.12. The Morgan fingerprint density at radius 3 is 2.63 bits per heavy atom. The molecule has 46 heavy (non-hydrogen) atoms. The molecule has 3 aromatic carbocycles. The van der Waals surface area contributed by atoms with Crippen LogP contribution in [0.2, 0.25) is 0 Å². The second-order valence-corrected chi connectivity index (χ2v) is 11.7. The number of ketones is 1. The molecule has 0 fully saturated rings. The number of rotatable bonds is 7. The van der Waals surface area contributed by atoms with Crippen molar-refractivity contribution >= 4 is 34.8 Å². The van der Waals surface area contributed by atoms with Crippen LogP contribution in [0.25, 0.3) is 5.78 Å². The standard InChI is InChI=1S/C32H29N9O5/c1-15-20(16(2)42)5-6-22-21(15)7-8-23(22)35-31(46)25-12-24(36-32-37-38-39-41(25)32)30(45)34-13-17-3-4-18-9-10-40(14-19(18)11-17)27-26(33)28(43)29(27)44/h3-6,11-12,23H,7-10,13-14,33H2,1-2H3,(H,34,45)(H,35,46)/t23-/m0/s1. The summed E-state index contributed by atoms with van der Waals surface area (Å²) in [5, 5.41) is 17.3. The molecule has 1 aliphatic carbocycles. The third kappa shape index (κ3) is 4.78. The van der Waals surface area contributed by atoms with E-state index < -0.39 is 22.7 Å². The summed E-state index contributed by atoms with van der Waals surface area (Å²) in [7, 11) is 0. The molecular formula is C32H29N9O5. The van der Waals surface area contributed by atoms with Crippen molar-refractivity contribution in [3.8, 4) is 0 Å². The average molecular weight is 620 g/mol. The molecular weight excluding hydrogens is 590 g/mol. The van der Waals surface area contributed by atoms with Crippen molar-refractivity contribution in [2.24, 2.45) is 0 Å². The van der Waals surface area contributed by atoms with Crippen molar-refractivity contribution in [2.75, 3.05) is 17.2 Å². The summed E-state index contributed by atoms with van der Waals surface area (Å²) in [6.07, 6.45) is 2.08. The second-order valence-electron chi connectivity index (χ2n) is 11.7. The number of benzene rings is 2. The molecule has 14 heteroatoms. The van der Waals surface area contributed by atoms with Crippen LogP contribution in [0.15, 0.2) is 46.0 Å². The van der Waals surface area contributed by atoms with E-state index in [2.05, 4.69) is 31.1 Å². The predicted molar refractivity (Wildman–Crippen MR) is 166 cm³/mol. The van der Waals surface area contributed by atoms with E-state index in [4.69, 9.17) is 5.73 Å². The second kappa shape index (κ2) is 11.0. The maximum Gasteiger partial charge on any atom is 0.274 e. The first-order chi connectivity index (χ1) is 22.1. The van der Waals surface area contributed by atoms with E-state index in [0.29, 0.717) is 31.5 Å². The van der Waals surface area contributed by atoms with Crippen molar-refractivity contribution in [1.29, 1.82) is 0 Å². The fourth-order valence-corrected chi connectivity index (χ4v) is 6.56. The highest BCUT2D eigenvalue weighted by atomic mass is 16.2. The summed E-state index contributed by atoms with van der Waals surface area (Å²) in [4.78, 5) is 68.5. The van der Waals surface area contributed by atoms with Gasteiger partial charge in [-0.2, -0.15) is 4.52 Å². The summed E-state index contributed by atoms with van der Waals surface area (Å²) in [6, 6.07) is 10.6. The van der Waals surface area contributed by atoms with Crippen LogP contribution in [0.3, 0.4) is 0 Å². The molecule has 0 radical (unpaired) electrons. The minimum atomic E-state index is -0.644. The number of anilines is 2. The number of carbonyl (C=O) groups is 3. The Labute approximate surface area is 261 Å². The molecule has 14 nitrogen and oxygen atoms in total. The number of nitrogens with zero attached hydrogens (tertiary/aromatic N) is 6. The molecule has 7 rings (SSSR count). The van der Waals surface area contributed by atoms with Gasteiger partial charge in [-0.15, -0.1) is 0 Å². The topological polar surface area (TPSA) is 195 Å². The molecule has 0 saturated carbocycles. The van der Waals surface area contributed by atoms with E-state index in [1.807, 2.05) is 36.1 Å². The van der Waals surface area contributed by atoms with E-state index in [0.717, 1.165) is 39.8 Å². The van der Waals surface area contributed by atoms with Crippen LogP contribution < -0.4 is 32.1 Å². The van der Waals surface area contributed by atoms with Gasteiger partial charge in [-0.25, -0.2) is 4.98 Å². The van der Waals surface area contributed by atoms with Gasteiger partial charge in [-0.1, -0.05) is 35.4 Å². The van der Waals surface area contributed by atoms with Gasteiger partial charge in [0.2, 0.25) is 0 Å². The van der Waals surface area contributed by atoms with Gasteiger partial charge >= 0.3 is 0 Å². The molecule has 3 heterocycles. The average Bonchev–Trinajstić information content (AvgIpc) is 3.70. The van der Waals surface area contributed by atoms with Crippen molar-refractivity contribution in [1.82, 2.24) is 35.7 Å². The zero-order valence-electron chi connectivity index (χ0n) is 25.1. The highest BCUT2D eigenvalue weighted by molar-refractivity contribution is 5.98. The Kier molecular flexibility index (Phi) is 6.91. The molecule has 2 aromatic heterocycles. The molecule has 0 saturated heterocycles. The Morgan fingerprint density at radius 1 is 1.02 bits per heavy atom. The zero-order chi connectivity index (χ0) is 32.3. The third-order valence-electron chi connectivity index (χ3n) is 8.99. The minimum Gasteiger partial charge on any atom is -0.394 e. The van der Waals surface area contributed by atoms with E-state index in [1.54, 1.807) is 6.07 Å². The number of fused-ring (bicyclic) bond motifs is 3. The summed E-state index contributed by atoms with van der Waals surface area (Å²) in [5.74, 6) is -0.993. The molecule has 232 valence electrons. The fourth-order valence-electron chi connectivity index (χ4n) is 6.56. The zero-order valence-corrected chi connectivity index (χ0v) is 25.1. The highest BCUT2D eigenvalue weighted by Crippen LogP contribution is 2.35. The lowest BCUT2D eigenvalue weighted by molar-refractivity contribution is 0.0927. The van der Waals surface area contributed by atoms with E-state index in [1.165, 1.54) is 17.5 Å². The number of hydrogen-bond donors (Lipinski definition) is 3. The van der Waals surface area contributed by atoms with Crippen molar-refractivity contribution in [3.63, 3.8) is 0 Å². The molecule has 0 spiro atoms. The van der Waals surface area contributed by atoms with Crippen LogP contribution in [0.5, 0.6) is 0 Å². The summed E-state index contributed by atoms with van der Waals surface area (Å²) in [5.41, 5.74) is 11.4. The van der Waals surface area contributed by atoms with Crippen molar-refractivity contribution in [3.05, 3.63) is 107 Å². The van der Waals surface area contributed by atoms with Gasteiger partial charge in [0.15, 0.2) is 5.78 Å². The molecule has 4 N–H and O–H groups in total. The largest absolute Gasteiger partial charge is 0.394 e. The van der Waals surface area contributed by atoms with Crippen LogP contribution in [0.1, 0.15) is 84.1 Å². The third-order valence-corrected chi connectivity index (χ3v) is 8.99. The Balaban J connectivity index is 1.07. The van der Waals surface area contributed by atoms with Gasteiger partial charge in [0.25, 0.3) is 28.4 Å².